The van der Waals surface area contributed by atoms with Gasteiger partial charge in [-0.2, -0.15) is 0 Å². The van der Waals surface area contributed by atoms with Crippen molar-refractivity contribution in [2.45, 2.75) is 32.7 Å². The van der Waals surface area contributed by atoms with Crippen molar-refractivity contribution >= 4 is 17.7 Å². The first-order valence-corrected chi connectivity index (χ1v) is 9.61. The normalized spacial score (nSPS) is 20.9. The first kappa shape index (κ1) is 21.7. The first-order valence-electron chi connectivity index (χ1n) is 9.61. The Morgan fingerprint density at radius 3 is 2.68 bits per heavy atom. The molecule has 1 aliphatic rings. The predicted octanol–water partition coefficient (Wildman–Crippen LogP) is -0.0111. The molecule has 0 spiro atoms. The number of hydrogen-bond acceptors (Lipinski definition) is 5. The van der Waals surface area contributed by atoms with Crippen molar-refractivity contribution in [3.8, 4) is 5.75 Å². The molecule has 1 heterocycles. The van der Waals surface area contributed by atoms with Gasteiger partial charge < -0.3 is 25.6 Å². The van der Waals surface area contributed by atoms with E-state index in [9.17, 15) is 14.4 Å². The van der Waals surface area contributed by atoms with Gasteiger partial charge >= 0.3 is 0 Å². The second kappa shape index (κ2) is 10.7. The van der Waals surface area contributed by atoms with Crippen molar-refractivity contribution in [3.05, 3.63) is 29.3 Å². The van der Waals surface area contributed by atoms with E-state index in [2.05, 4.69) is 16.0 Å². The minimum atomic E-state index is -0.444. The van der Waals surface area contributed by atoms with Crippen LogP contribution in [0.2, 0.25) is 0 Å². The Hall–Kier alpha value is -2.61. The van der Waals surface area contributed by atoms with E-state index < -0.39 is 6.04 Å². The highest BCUT2D eigenvalue weighted by atomic mass is 16.5. The van der Waals surface area contributed by atoms with Crippen LogP contribution >= 0.6 is 0 Å². The Morgan fingerprint density at radius 2 is 1.89 bits per heavy atom. The van der Waals surface area contributed by atoms with Crippen molar-refractivity contribution in [2.75, 3.05) is 39.8 Å². The Bertz CT molecular complexity index is 707. The summed E-state index contributed by atoms with van der Waals surface area (Å²) in [4.78, 5) is 37.5. The van der Waals surface area contributed by atoms with Gasteiger partial charge in [-0.05, 0) is 43.9 Å². The maximum absolute atomic E-state index is 12.4. The largest absolute Gasteiger partial charge is 0.492 e. The summed E-state index contributed by atoms with van der Waals surface area (Å²) in [7, 11) is 1.56. The molecule has 2 rings (SSSR count). The maximum Gasteiger partial charge on any atom is 0.240 e. The number of carbonyl (C=O) groups excluding carboxylic acids is 3. The zero-order valence-corrected chi connectivity index (χ0v) is 16.8. The molecule has 3 amide bonds. The number of likely N-dealkylation sites (N-methyl/N-ethyl adjacent to an activating group) is 1. The van der Waals surface area contributed by atoms with Gasteiger partial charge in [0, 0.05) is 20.1 Å². The zero-order valence-electron chi connectivity index (χ0n) is 16.8. The molecule has 1 aromatic rings. The fourth-order valence-electron chi connectivity index (χ4n) is 2.95. The van der Waals surface area contributed by atoms with Crippen LogP contribution in [0.4, 0.5) is 0 Å². The highest BCUT2D eigenvalue weighted by Gasteiger charge is 2.19. The van der Waals surface area contributed by atoms with Crippen LogP contribution in [-0.4, -0.2) is 68.5 Å². The van der Waals surface area contributed by atoms with E-state index in [0.717, 1.165) is 29.7 Å². The SMILES string of the molecule is Cc1ccc2c(c1)OCCNC(C)C(=O)N(C)CC(=O)NCC(=O)NCCC2. The van der Waals surface area contributed by atoms with Crippen molar-refractivity contribution in [1.29, 1.82) is 0 Å². The van der Waals surface area contributed by atoms with E-state index in [4.69, 9.17) is 4.74 Å². The van der Waals surface area contributed by atoms with Gasteiger partial charge in [-0.3, -0.25) is 14.4 Å². The number of nitrogens with zero attached hydrogens (tertiary/aromatic N) is 1. The van der Waals surface area contributed by atoms with Crippen LogP contribution in [0.5, 0.6) is 5.75 Å². The van der Waals surface area contributed by atoms with Crippen LogP contribution in [0.15, 0.2) is 18.2 Å². The number of benzene rings is 1. The van der Waals surface area contributed by atoms with Crippen LogP contribution in [0, 0.1) is 6.92 Å². The van der Waals surface area contributed by atoms with Gasteiger partial charge in [0.1, 0.15) is 12.4 Å². The van der Waals surface area contributed by atoms with E-state index in [1.807, 2.05) is 25.1 Å². The lowest BCUT2D eigenvalue weighted by Gasteiger charge is -2.22. The fraction of sp³-hybridized carbons (Fsp3) is 0.550. The molecule has 0 saturated heterocycles. The molecule has 154 valence electrons. The molecular weight excluding hydrogens is 360 g/mol. The van der Waals surface area contributed by atoms with Gasteiger partial charge in [-0.25, -0.2) is 0 Å². The van der Waals surface area contributed by atoms with Crippen LogP contribution in [0.1, 0.15) is 24.5 Å². The van der Waals surface area contributed by atoms with E-state index in [0.29, 0.717) is 19.7 Å². The molecule has 0 aromatic heterocycles. The second-order valence-corrected chi connectivity index (χ2v) is 7.06. The molecule has 3 N–H and O–H groups in total. The number of aryl methyl sites for hydroxylation is 2. The Labute approximate surface area is 166 Å². The highest BCUT2D eigenvalue weighted by molar-refractivity contribution is 5.89. The number of ether oxygens (including phenoxy) is 1. The lowest BCUT2D eigenvalue weighted by molar-refractivity contribution is -0.136. The highest BCUT2D eigenvalue weighted by Crippen LogP contribution is 2.21. The summed E-state index contributed by atoms with van der Waals surface area (Å²) in [6.45, 7) is 5.01. The van der Waals surface area contributed by atoms with Crippen LogP contribution in [-0.2, 0) is 20.8 Å². The van der Waals surface area contributed by atoms with Crippen molar-refractivity contribution < 1.29 is 19.1 Å². The minimum absolute atomic E-state index is 0.0959. The number of nitrogens with one attached hydrogen (secondary N) is 3. The van der Waals surface area contributed by atoms with Crippen molar-refractivity contribution in [1.82, 2.24) is 20.9 Å². The Kier molecular flexibility index (Phi) is 8.25. The fourth-order valence-corrected chi connectivity index (χ4v) is 2.95. The van der Waals surface area contributed by atoms with Crippen LogP contribution in [0.3, 0.4) is 0 Å². The molecule has 0 bridgehead atoms. The molecule has 8 nitrogen and oxygen atoms in total. The monoisotopic (exact) mass is 390 g/mol. The van der Waals surface area contributed by atoms with Gasteiger partial charge in [-0.15, -0.1) is 0 Å². The molecule has 1 aliphatic heterocycles. The number of carbonyl (C=O) groups is 3. The first-order chi connectivity index (χ1) is 13.4. The smallest absolute Gasteiger partial charge is 0.240 e. The Balaban J connectivity index is 2.06. The number of fused-ring (bicyclic) bond motifs is 1. The molecule has 0 saturated carbocycles. The third-order valence-electron chi connectivity index (χ3n) is 4.55. The van der Waals surface area contributed by atoms with Crippen molar-refractivity contribution in [3.63, 3.8) is 0 Å². The summed E-state index contributed by atoms with van der Waals surface area (Å²) in [5.74, 6) is 0.0142. The van der Waals surface area contributed by atoms with Gasteiger partial charge in [0.2, 0.25) is 17.7 Å². The topological polar surface area (TPSA) is 99.8 Å². The molecule has 1 atom stereocenters. The molecule has 0 aliphatic carbocycles. The van der Waals surface area contributed by atoms with E-state index >= 15 is 0 Å². The quantitative estimate of drug-likeness (QED) is 0.579. The standard InChI is InChI=1S/C20H30N4O4/c1-14-6-7-16-5-4-8-22-18(25)12-23-19(26)13-24(3)20(27)15(2)21-9-10-28-17(16)11-14/h6-7,11,15,21H,4-5,8-10,12-13H2,1-3H3,(H,22,25)(H,23,26). The second-order valence-electron chi connectivity index (χ2n) is 7.06. The molecule has 1 unspecified atom stereocenters. The average molecular weight is 390 g/mol. The number of hydrogen-bond donors (Lipinski definition) is 3. The Morgan fingerprint density at radius 1 is 1.11 bits per heavy atom. The summed E-state index contributed by atoms with van der Waals surface area (Å²) in [5, 5.41) is 8.45. The van der Waals surface area contributed by atoms with Gasteiger partial charge in [0.25, 0.3) is 0 Å². The summed E-state index contributed by atoms with van der Waals surface area (Å²) in [6.07, 6.45) is 1.54. The summed E-state index contributed by atoms with van der Waals surface area (Å²) >= 11 is 0. The van der Waals surface area contributed by atoms with Gasteiger partial charge in [0.15, 0.2) is 0 Å². The van der Waals surface area contributed by atoms with E-state index in [-0.39, 0.29) is 30.8 Å². The summed E-state index contributed by atoms with van der Waals surface area (Å²) in [6, 6.07) is 5.64. The van der Waals surface area contributed by atoms with Crippen LogP contribution in [0.25, 0.3) is 0 Å². The third kappa shape index (κ3) is 6.84. The van der Waals surface area contributed by atoms with Crippen molar-refractivity contribution in [2.24, 2.45) is 0 Å². The lowest BCUT2D eigenvalue weighted by atomic mass is 10.1. The van der Waals surface area contributed by atoms with E-state index in [1.165, 1.54) is 4.90 Å². The lowest BCUT2D eigenvalue weighted by Crippen LogP contribution is -2.48. The van der Waals surface area contributed by atoms with Gasteiger partial charge in [-0.1, -0.05) is 12.1 Å². The van der Waals surface area contributed by atoms with Crippen LogP contribution < -0.4 is 20.7 Å². The molecule has 0 fully saturated rings. The third-order valence-corrected chi connectivity index (χ3v) is 4.55. The van der Waals surface area contributed by atoms with Gasteiger partial charge in [0.05, 0.1) is 19.1 Å². The predicted molar refractivity (Wildman–Crippen MR) is 106 cm³/mol. The molecular formula is C20H30N4O4. The maximum atomic E-state index is 12.4. The summed E-state index contributed by atoms with van der Waals surface area (Å²) in [5.41, 5.74) is 2.20. The molecule has 8 heteroatoms. The molecule has 28 heavy (non-hydrogen) atoms. The average Bonchev–Trinajstić information content (AvgIpc) is 2.66. The zero-order chi connectivity index (χ0) is 20.5. The molecule has 0 radical (unpaired) electrons. The number of rotatable bonds is 0. The summed E-state index contributed by atoms with van der Waals surface area (Å²) < 4.78 is 5.92. The van der Waals surface area contributed by atoms with E-state index in [1.54, 1.807) is 14.0 Å². The number of amides is 3. The minimum Gasteiger partial charge on any atom is -0.492 e. The molecule has 1 aromatic carbocycles.